The second kappa shape index (κ2) is 10.8. The molecule has 0 unspecified atom stereocenters. The van der Waals surface area contributed by atoms with Gasteiger partial charge in [0.2, 0.25) is 0 Å². The number of nitrogens with zero attached hydrogens (tertiary/aromatic N) is 1. The van der Waals surface area contributed by atoms with E-state index in [4.69, 9.17) is 4.74 Å². The molecule has 2 aromatic carbocycles. The lowest BCUT2D eigenvalue weighted by atomic mass is 9.95. The maximum atomic E-state index is 13.4. The van der Waals surface area contributed by atoms with Crippen LogP contribution in [0.1, 0.15) is 60.8 Å². The number of pyridine rings is 1. The largest absolute Gasteiger partial charge is 0.444 e. The Balaban J connectivity index is 1.82. The minimum atomic E-state index is -4.52. The third kappa shape index (κ3) is 7.31. The summed E-state index contributed by atoms with van der Waals surface area (Å²) in [5, 5.41) is 5.47. The maximum absolute atomic E-state index is 13.4. The number of alkyl carbamates (subject to hydrolysis) is 1. The normalized spacial score (nSPS) is 12.5. The van der Waals surface area contributed by atoms with Crippen LogP contribution in [0, 0.1) is 0 Å². The number of amides is 2. The third-order valence-corrected chi connectivity index (χ3v) is 5.25. The van der Waals surface area contributed by atoms with E-state index in [-0.39, 0.29) is 18.5 Å². The van der Waals surface area contributed by atoms with Gasteiger partial charge < -0.3 is 15.4 Å². The molecule has 2 amide bonds. The number of hydrogen-bond acceptors (Lipinski definition) is 4. The van der Waals surface area contributed by atoms with Crippen molar-refractivity contribution in [2.75, 3.05) is 0 Å². The van der Waals surface area contributed by atoms with Crippen LogP contribution in [0.15, 0.2) is 67.0 Å². The van der Waals surface area contributed by atoms with Gasteiger partial charge in [0, 0.05) is 18.9 Å². The Morgan fingerprint density at radius 2 is 1.72 bits per heavy atom. The van der Waals surface area contributed by atoms with Crippen molar-refractivity contribution in [2.45, 2.75) is 52.1 Å². The monoisotopic (exact) mass is 499 g/mol. The van der Waals surface area contributed by atoms with Crippen molar-refractivity contribution in [2.24, 2.45) is 0 Å². The summed E-state index contributed by atoms with van der Waals surface area (Å²) in [5.41, 5.74) is 1.07. The van der Waals surface area contributed by atoms with Crippen LogP contribution in [-0.2, 0) is 17.5 Å². The van der Waals surface area contributed by atoms with Gasteiger partial charge in [0.25, 0.3) is 5.91 Å². The first kappa shape index (κ1) is 26.7. The summed E-state index contributed by atoms with van der Waals surface area (Å²) in [6.45, 7) is 6.96. The molecule has 1 atom stereocenters. The molecule has 0 fully saturated rings. The van der Waals surface area contributed by atoms with Crippen LogP contribution < -0.4 is 10.6 Å². The molecule has 9 heteroatoms. The molecule has 0 saturated heterocycles. The van der Waals surface area contributed by atoms with Crippen LogP contribution in [0.2, 0.25) is 0 Å². The first-order valence-electron chi connectivity index (χ1n) is 11.3. The second-order valence-electron chi connectivity index (χ2n) is 9.28. The predicted octanol–water partition coefficient (Wildman–Crippen LogP) is 6.28. The Kier molecular flexibility index (Phi) is 8.02. The Hall–Kier alpha value is -3.88. The van der Waals surface area contributed by atoms with Crippen molar-refractivity contribution >= 4 is 12.0 Å². The van der Waals surface area contributed by atoms with Crippen molar-refractivity contribution in [3.8, 4) is 11.1 Å². The van der Waals surface area contributed by atoms with Crippen LogP contribution >= 0.6 is 0 Å². The van der Waals surface area contributed by atoms with Gasteiger partial charge in [0.1, 0.15) is 5.60 Å². The quantitative estimate of drug-likeness (QED) is 0.418. The summed E-state index contributed by atoms with van der Waals surface area (Å²) in [4.78, 5) is 28.4. The van der Waals surface area contributed by atoms with E-state index in [1.54, 1.807) is 63.4 Å². The lowest BCUT2D eigenvalue weighted by molar-refractivity contribution is -0.137. The number of hydrogen-bond donors (Lipinski definition) is 2. The molecule has 6 nitrogen and oxygen atoms in total. The number of benzene rings is 2. The highest BCUT2D eigenvalue weighted by Crippen LogP contribution is 2.34. The Bertz CT molecular complexity index is 1200. The highest BCUT2D eigenvalue weighted by molar-refractivity contribution is 5.94. The number of alkyl halides is 3. The summed E-state index contributed by atoms with van der Waals surface area (Å²) in [7, 11) is 0. The van der Waals surface area contributed by atoms with E-state index in [0.717, 1.165) is 17.7 Å². The van der Waals surface area contributed by atoms with Gasteiger partial charge in [-0.3, -0.25) is 9.78 Å². The molecular weight excluding hydrogens is 471 g/mol. The standard InChI is InChI=1S/C27H28F3N3O3/c1-17(33-24(34)21-6-5-13-31-15-21)18-7-9-19(10-8-18)23-14-22(27(28,29)30)12-11-20(23)16-32-25(35)36-26(2,3)4/h5-15,17H,16H2,1-4H3,(H,32,35)(H,33,34)/t17-/m1/s1. The van der Waals surface area contributed by atoms with Gasteiger partial charge in [0.05, 0.1) is 17.2 Å². The SMILES string of the molecule is C[C@@H](NC(=O)c1cccnc1)c1ccc(-c2cc(C(F)(F)F)ccc2CNC(=O)OC(C)(C)C)cc1. The topological polar surface area (TPSA) is 80.3 Å². The molecular formula is C27H28F3N3O3. The van der Waals surface area contributed by atoms with Crippen molar-refractivity contribution in [3.63, 3.8) is 0 Å². The summed E-state index contributed by atoms with van der Waals surface area (Å²) in [6.07, 6.45) is -2.14. The van der Waals surface area contributed by atoms with Gasteiger partial charge in [-0.1, -0.05) is 30.3 Å². The molecule has 36 heavy (non-hydrogen) atoms. The molecule has 1 aromatic heterocycles. The van der Waals surface area contributed by atoms with Crippen molar-refractivity contribution in [1.29, 1.82) is 0 Å². The predicted molar refractivity (Wildman–Crippen MR) is 130 cm³/mol. The lowest BCUT2D eigenvalue weighted by Crippen LogP contribution is -2.32. The highest BCUT2D eigenvalue weighted by atomic mass is 19.4. The van der Waals surface area contributed by atoms with Crippen LogP contribution in [0.5, 0.6) is 0 Å². The Labute approximate surface area is 207 Å². The van der Waals surface area contributed by atoms with Crippen LogP contribution in [0.3, 0.4) is 0 Å². The van der Waals surface area contributed by atoms with Crippen LogP contribution in [-0.4, -0.2) is 22.6 Å². The molecule has 1 heterocycles. The molecule has 2 N–H and O–H groups in total. The highest BCUT2D eigenvalue weighted by Gasteiger charge is 2.31. The molecule has 0 aliphatic rings. The zero-order chi connectivity index (χ0) is 26.5. The Morgan fingerprint density at radius 1 is 1.03 bits per heavy atom. The van der Waals surface area contributed by atoms with Crippen LogP contribution in [0.25, 0.3) is 11.1 Å². The molecule has 0 bridgehead atoms. The fourth-order valence-corrected chi connectivity index (χ4v) is 3.47. The van der Waals surface area contributed by atoms with Gasteiger partial charge >= 0.3 is 12.3 Å². The fraction of sp³-hybridized carbons (Fsp3) is 0.296. The number of ether oxygens (including phenoxy) is 1. The van der Waals surface area contributed by atoms with E-state index in [9.17, 15) is 22.8 Å². The first-order valence-corrected chi connectivity index (χ1v) is 11.3. The number of rotatable bonds is 6. The zero-order valence-electron chi connectivity index (χ0n) is 20.4. The zero-order valence-corrected chi connectivity index (χ0v) is 20.4. The number of aromatic nitrogens is 1. The summed E-state index contributed by atoms with van der Waals surface area (Å²) >= 11 is 0. The van der Waals surface area contributed by atoms with Crippen LogP contribution in [0.4, 0.5) is 18.0 Å². The van der Waals surface area contributed by atoms with Gasteiger partial charge in [0.15, 0.2) is 0 Å². The van der Waals surface area contributed by atoms with E-state index in [1.807, 2.05) is 6.92 Å². The van der Waals surface area contributed by atoms with Gasteiger partial charge in [-0.15, -0.1) is 0 Å². The van der Waals surface area contributed by atoms with E-state index in [2.05, 4.69) is 15.6 Å². The number of carbonyl (C=O) groups is 2. The number of carbonyl (C=O) groups excluding carboxylic acids is 2. The van der Waals surface area contributed by atoms with Gasteiger partial charge in [-0.25, -0.2) is 4.79 Å². The van der Waals surface area contributed by atoms with Crippen molar-refractivity contribution in [1.82, 2.24) is 15.6 Å². The summed E-state index contributed by atoms with van der Waals surface area (Å²) in [5.74, 6) is -0.284. The number of nitrogens with one attached hydrogen (secondary N) is 2. The molecule has 0 saturated carbocycles. The van der Waals surface area contributed by atoms with Crippen molar-refractivity contribution < 1.29 is 27.5 Å². The fourth-order valence-electron chi connectivity index (χ4n) is 3.47. The molecule has 190 valence electrons. The van der Waals surface area contributed by atoms with Gasteiger partial charge in [-0.05, 0) is 74.2 Å². The molecule has 3 aromatic rings. The van der Waals surface area contributed by atoms with E-state index >= 15 is 0 Å². The summed E-state index contributed by atoms with van der Waals surface area (Å²) in [6, 6.07) is 13.2. The lowest BCUT2D eigenvalue weighted by Gasteiger charge is -2.20. The molecule has 3 rings (SSSR count). The van der Waals surface area contributed by atoms with Crippen molar-refractivity contribution in [3.05, 3.63) is 89.2 Å². The third-order valence-electron chi connectivity index (χ3n) is 5.25. The molecule has 0 radical (unpaired) electrons. The average Bonchev–Trinajstić information content (AvgIpc) is 2.81. The minimum absolute atomic E-state index is 0.0122. The molecule has 0 spiro atoms. The maximum Gasteiger partial charge on any atom is 0.416 e. The smallest absolute Gasteiger partial charge is 0.416 e. The first-order chi connectivity index (χ1) is 16.8. The number of halogens is 3. The van der Waals surface area contributed by atoms with E-state index in [0.29, 0.717) is 22.3 Å². The molecule has 0 aliphatic heterocycles. The minimum Gasteiger partial charge on any atom is -0.444 e. The molecule has 0 aliphatic carbocycles. The average molecular weight is 500 g/mol. The van der Waals surface area contributed by atoms with E-state index in [1.165, 1.54) is 12.3 Å². The van der Waals surface area contributed by atoms with Gasteiger partial charge in [-0.2, -0.15) is 13.2 Å². The van der Waals surface area contributed by atoms with E-state index < -0.39 is 23.4 Å². The summed E-state index contributed by atoms with van der Waals surface area (Å²) < 4.78 is 45.5. The Morgan fingerprint density at radius 3 is 2.31 bits per heavy atom. The second-order valence-corrected chi connectivity index (χ2v) is 9.28.